The normalized spacial score (nSPS) is 10.4. The molecule has 3 aromatic carbocycles. The molecule has 0 atom stereocenters. The minimum absolute atomic E-state index is 0.0319. The van der Waals surface area contributed by atoms with Crippen molar-refractivity contribution in [2.75, 3.05) is 5.32 Å². The molecule has 0 unspecified atom stereocenters. The summed E-state index contributed by atoms with van der Waals surface area (Å²) in [6.45, 7) is 2.10. The summed E-state index contributed by atoms with van der Waals surface area (Å²) >= 11 is 5.92. The highest BCUT2D eigenvalue weighted by molar-refractivity contribution is 6.33. The third-order valence-electron chi connectivity index (χ3n) is 4.10. The van der Waals surface area contributed by atoms with Gasteiger partial charge < -0.3 is 10.1 Å². The lowest BCUT2D eigenvalue weighted by atomic mass is 10.1. The lowest BCUT2D eigenvalue weighted by molar-refractivity contribution is -0.384. The number of nitro benzene ring substituents is 1. The zero-order valence-electron chi connectivity index (χ0n) is 15.0. The first kappa shape index (κ1) is 19.4. The lowest BCUT2D eigenvalue weighted by Gasteiger charge is -2.10. The summed E-state index contributed by atoms with van der Waals surface area (Å²) in [5.41, 5.74) is 2.25. The van der Waals surface area contributed by atoms with Gasteiger partial charge in [0.2, 0.25) is 0 Å². The number of carbonyl (C=O) groups is 1. The van der Waals surface area contributed by atoms with Crippen molar-refractivity contribution in [1.29, 1.82) is 0 Å². The van der Waals surface area contributed by atoms with E-state index < -0.39 is 4.92 Å². The van der Waals surface area contributed by atoms with Crippen molar-refractivity contribution in [3.05, 3.63) is 98.6 Å². The SMILES string of the molecule is Cc1cc([N+](=O)[O-])c(Cl)cc1NC(=O)c1ccc(OCc2ccccc2)cc1. The molecule has 3 aromatic rings. The van der Waals surface area contributed by atoms with Crippen LogP contribution in [0.5, 0.6) is 5.75 Å². The van der Waals surface area contributed by atoms with E-state index in [-0.39, 0.29) is 16.6 Å². The van der Waals surface area contributed by atoms with Crippen molar-refractivity contribution in [1.82, 2.24) is 0 Å². The van der Waals surface area contributed by atoms with E-state index in [1.165, 1.54) is 12.1 Å². The summed E-state index contributed by atoms with van der Waals surface area (Å²) in [5, 5.41) is 13.6. The number of ether oxygens (including phenoxy) is 1. The number of carbonyl (C=O) groups excluding carboxylic acids is 1. The first-order valence-electron chi connectivity index (χ1n) is 8.46. The van der Waals surface area contributed by atoms with Gasteiger partial charge in [-0.1, -0.05) is 41.9 Å². The van der Waals surface area contributed by atoms with Crippen LogP contribution in [0.4, 0.5) is 11.4 Å². The van der Waals surface area contributed by atoms with Crippen LogP contribution in [0.3, 0.4) is 0 Å². The number of amides is 1. The maximum absolute atomic E-state index is 12.5. The molecule has 1 amide bonds. The number of anilines is 1. The predicted molar refractivity (Wildman–Crippen MR) is 108 cm³/mol. The van der Waals surface area contributed by atoms with Gasteiger partial charge in [-0.3, -0.25) is 14.9 Å². The van der Waals surface area contributed by atoms with E-state index in [0.29, 0.717) is 29.2 Å². The van der Waals surface area contributed by atoms with E-state index in [0.717, 1.165) is 5.56 Å². The Morgan fingerprint density at radius 1 is 1.11 bits per heavy atom. The summed E-state index contributed by atoms with van der Waals surface area (Å²) in [5.74, 6) is 0.303. The highest BCUT2D eigenvalue weighted by Gasteiger charge is 2.16. The van der Waals surface area contributed by atoms with Crippen molar-refractivity contribution < 1.29 is 14.5 Å². The van der Waals surface area contributed by atoms with Gasteiger partial charge in [-0.05, 0) is 48.4 Å². The zero-order chi connectivity index (χ0) is 20.1. The minimum Gasteiger partial charge on any atom is -0.489 e. The molecule has 0 bridgehead atoms. The largest absolute Gasteiger partial charge is 0.489 e. The summed E-state index contributed by atoms with van der Waals surface area (Å²) in [6.07, 6.45) is 0. The van der Waals surface area contributed by atoms with Gasteiger partial charge in [0.1, 0.15) is 17.4 Å². The molecule has 0 fully saturated rings. The minimum atomic E-state index is -0.560. The van der Waals surface area contributed by atoms with Crippen LogP contribution in [-0.2, 0) is 6.61 Å². The number of halogens is 1. The summed E-state index contributed by atoms with van der Waals surface area (Å²) < 4.78 is 5.70. The van der Waals surface area contributed by atoms with Gasteiger partial charge in [0.25, 0.3) is 11.6 Å². The second-order valence-corrected chi connectivity index (χ2v) is 6.54. The molecular formula is C21H17ClN2O4. The molecule has 0 aromatic heterocycles. The first-order valence-corrected chi connectivity index (χ1v) is 8.84. The van der Waals surface area contributed by atoms with Crippen LogP contribution in [0.1, 0.15) is 21.5 Å². The number of nitro groups is 1. The fraction of sp³-hybridized carbons (Fsp3) is 0.0952. The summed E-state index contributed by atoms with van der Waals surface area (Å²) in [6, 6.07) is 19.2. The number of nitrogens with one attached hydrogen (secondary N) is 1. The number of benzene rings is 3. The van der Waals surface area contributed by atoms with E-state index >= 15 is 0 Å². The molecule has 0 spiro atoms. The van der Waals surface area contributed by atoms with Crippen molar-refractivity contribution in [2.24, 2.45) is 0 Å². The van der Waals surface area contributed by atoms with Crippen molar-refractivity contribution in [3.63, 3.8) is 0 Å². The summed E-state index contributed by atoms with van der Waals surface area (Å²) in [7, 11) is 0. The Morgan fingerprint density at radius 3 is 2.43 bits per heavy atom. The van der Waals surface area contributed by atoms with Crippen LogP contribution in [0, 0.1) is 17.0 Å². The van der Waals surface area contributed by atoms with Crippen molar-refractivity contribution in [2.45, 2.75) is 13.5 Å². The maximum Gasteiger partial charge on any atom is 0.288 e. The van der Waals surface area contributed by atoms with E-state index in [4.69, 9.17) is 16.3 Å². The second-order valence-electron chi connectivity index (χ2n) is 6.13. The Kier molecular flexibility index (Phi) is 5.91. The molecule has 142 valence electrons. The Balaban J connectivity index is 1.66. The summed E-state index contributed by atoms with van der Waals surface area (Å²) in [4.78, 5) is 22.8. The molecule has 7 heteroatoms. The van der Waals surface area contributed by atoms with Gasteiger partial charge in [-0.15, -0.1) is 0 Å². The average molecular weight is 397 g/mol. The lowest BCUT2D eigenvalue weighted by Crippen LogP contribution is -2.13. The van der Waals surface area contributed by atoms with E-state index in [9.17, 15) is 14.9 Å². The number of rotatable bonds is 6. The van der Waals surface area contributed by atoms with Crippen LogP contribution < -0.4 is 10.1 Å². The third kappa shape index (κ3) is 4.66. The van der Waals surface area contributed by atoms with Crippen LogP contribution in [0.2, 0.25) is 5.02 Å². The van der Waals surface area contributed by atoms with Gasteiger partial charge in [0, 0.05) is 17.3 Å². The van der Waals surface area contributed by atoms with E-state index in [1.54, 1.807) is 31.2 Å². The van der Waals surface area contributed by atoms with Crippen LogP contribution in [0.15, 0.2) is 66.7 Å². The molecule has 0 heterocycles. The topological polar surface area (TPSA) is 81.5 Å². The Hall–Kier alpha value is -3.38. The quantitative estimate of drug-likeness (QED) is 0.447. The number of hydrogen-bond acceptors (Lipinski definition) is 4. The zero-order valence-corrected chi connectivity index (χ0v) is 15.8. The van der Waals surface area contributed by atoms with Crippen molar-refractivity contribution >= 4 is 28.9 Å². The fourth-order valence-corrected chi connectivity index (χ4v) is 2.81. The van der Waals surface area contributed by atoms with E-state index in [1.807, 2.05) is 30.3 Å². The Morgan fingerprint density at radius 2 is 1.79 bits per heavy atom. The molecule has 3 rings (SSSR count). The van der Waals surface area contributed by atoms with Crippen molar-refractivity contribution in [3.8, 4) is 5.75 Å². The van der Waals surface area contributed by atoms with Crippen LogP contribution in [-0.4, -0.2) is 10.8 Å². The second kappa shape index (κ2) is 8.54. The molecular weight excluding hydrogens is 380 g/mol. The first-order chi connectivity index (χ1) is 13.4. The van der Waals surface area contributed by atoms with E-state index in [2.05, 4.69) is 5.32 Å². The number of nitrogens with zero attached hydrogens (tertiary/aromatic N) is 1. The van der Waals surface area contributed by atoms with Gasteiger partial charge in [-0.25, -0.2) is 0 Å². The Labute approximate surface area is 166 Å². The molecule has 0 aliphatic carbocycles. The predicted octanol–water partition coefficient (Wildman–Crippen LogP) is 5.39. The fourth-order valence-electron chi connectivity index (χ4n) is 2.58. The number of aryl methyl sites for hydroxylation is 1. The molecule has 0 aliphatic rings. The van der Waals surface area contributed by atoms with Crippen LogP contribution in [0.25, 0.3) is 0 Å². The van der Waals surface area contributed by atoms with Gasteiger partial charge in [0.15, 0.2) is 0 Å². The molecule has 1 N–H and O–H groups in total. The smallest absolute Gasteiger partial charge is 0.288 e. The van der Waals surface area contributed by atoms with Crippen LogP contribution >= 0.6 is 11.6 Å². The molecule has 0 radical (unpaired) electrons. The number of hydrogen-bond donors (Lipinski definition) is 1. The third-order valence-corrected chi connectivity index (χ3v) is 4.41. The highest BCUT2D eigenvalue weighted by Crippen LogP contribution is 2.30. The average Bonchev–Trinajstić information content (AvgIpc) is 2.69. The molecule has 0 saturated heterocycles. The van der Waals surface area contributed by atoms with Gasteiger partial charge in [-0.2, -0.15) is 0 Å². The van der Waals surface area contributed by atoms with Gasteiger partial charge >= 0.3 is 0 Å². The molecule has 0 aliphatic heterocycles. The van der Waals surface area contributed by atoms with Gasteiger partial charge in [0.05, 0.1) is 4.92 Å². The molecule has 28 heavy (non-hydrogen) atoms. The maximum atomic E-state index is 12.5. The molecule has 0 saturated carbocycles. The Bertz CT molecular complexity index is 1000. The highest BCUT2D eigenvalue weighted by atomic mass is 35.5. The molecule has 6 nitrogen and oxygen atoms in total. The standard InChI is InChI=1S/C21H17ClN2O4/c1-14-11-20(24(26)27)18(22)12-19(14)23-21(25)16-7-9-17(10-8-16)28-13-15-5-3-2-4-6-15/h2-12H,13H2,1H3,(H,23,25). The monoisotopic (exact) mass is 396 g/mol.